The van der Waals surface area contributed by atoms with E-state index in [0.717, 1.165) is 38.0 Å². The lowest BCUT2D eigenvalue weighted by Crippen LogP contribution is -2.34. The molecular formula is C51H103NO4S. The Labute approximate surface area is 362 Å². The molecule has 0 aliphatic heterocycles. The van der Waals surface area contributed by atoms with E-state index >= 15 is 0 Å². The minimum Gasteiger partial charge on any atom is -0.379 e. The molecule has 0 aromatic heterocycles. The quantitative estimate of drug-likeness (QED) is 0.0620. The molecule has 342 valence electrons. The Morgan fingerprint density at radius 3 is 1.25 bits per heavy atom. The predicted octanol–water partition coefficient (Wildman–Crippen LogP) is 17.1. The van der Waals surface area contributed by atoms with E-state index in [4.69, 9.17) is 14.2 Å². The number of rotatable bonds is 46. The highest BCUT2D eigenvalue weighted by molar-refractivity contribution is 8.13. The third kappa shape index (κ3) is 43.6. The van der Waals surface area contributed by atoms with E-state index in [1.165, 1.54) is 217 Å². The van der Waals surface area contributed by atoms with Gasteiger partial charge in [-0.05, 0) is 53.4 Å². The predicted molar refractivity (Wildman–Crippen MR) is 254 cm³/mol. The number of carbonyl (C=O) groups is 1. The minimum absolute atomic E-state index is 0.0599. The van der Waals surface area contributed by atoms with Crippen LogP contribution in [0, 0.1) is 0 Å². The second-order valence-corrected chi connectivity index (χ2v) is 19.8. The molecule has 5 nitrogen and oxygen atoms in total. The van der Waals surface area contributed by atoms with Gasteiger partial charge in [0.15, 0.2) is 0 Å². The number of ether oxygens (including phenoxy) is 3. The van der Waals surface area contributed by atoms with Crippen molar-refractivity contribution in [1.82, 2.24) is 5.32 Å². The molecule has 0 aliphatic rings. The molecule has 0 heterocycles. The van der Waals surface area contributed by atoms with Gasteiger partial charge in [-0.25, -0.2) is 0 Å². The van der Waals surface area contributed by atoms with E-state index in [1.54, 1.807) is 7.11 Å². The number of nitrogens with one attached hydrogen (secondary N) is 1. The molecule has 0 aliphatic carbocycles. The van der Waals surface area contributed by atoms with Gasteiger partial charge in [0.2, 0.25) is 0 Å². The highest BCUT2D eigenvalue weighted by Crippen LogP contribution is 2.21. The molecular weight excluding hydrogens is 723 g/mol. The van der Waals surface area contributed by atoms with Crippen LogP contribution in [0.15, 0.2) is 0 Å². The first-order valence-corrected chi connectivity index (χ1v) is 26.4. The fraction of sp³-hybridized carbons (Fsp3) is 0.980. The monoisotopic (exact) mass is 826 g/mol. The molecule has 0 aromatic rings. The highest BCUT2D eigenvalue weighted by Gasteiger charge is 2.22. The first kappa shape index (κ1) is 56.7. The van der Waals surface area contributed by atoms with Crippen LogP contribution < -0.4 is 5.32 Å². The van der Waals surface area contributed by atoms with Crippen LogP contribution in [0.3, 0.4) is 0 Å². The van der Waals surface area contributed by atoms with Gasteiger partial charge in [0.25, 0.3) is 5.24 Å². The second kappa shape index (κ2) is 42.4. The van der Waals surface area contributed by atoms with Crippen LogP contribution in [0.4, 0.5) is 4.79 Å². The van der Waals surface area contributed by atoms with Crippen molar-refractivity contribution in [3.8, 4) is 0 Å². The van der Waals surface area contributed by atoms with Gasteiger partial charge in [-0.15, -0.1) is 0 Å². The third-order valence-corrected chi connectivity index (χ3v) is 13.1. The van der Waals surface area contributed by atoms with Gasteiger partial charge in [0.1, 0.15) is 0 Å². The molecule has 1 atom stereocenters. The van der Waals surface area contributed by atoms with Crippen molar-refractivity contribution in [1.29, 1.82) is 0 Å². The Hall–Kier alpha value is -0.300. The average Bonchev–Trinajstić information content (AvgIpc) is 3.18. The van der Waals surface area contributed by atoms with Crippen LogP contribution in [0.5, 0.6) is 0 Å². The second-order valence-electron chi connectivity index (χ2n) is 18.8. The zero-order valence-electron chi connectivity index (χ0n) is 39.9. The molecule has 0 spiro atoms. The lowest BCUT2D eigenvalue weighted by atomic mass is 10.0. The average molecular weight is 826 g/mol. The molecule has 0 saturated heterocycles. The number of unbranched alkanes of at least 4 members (excludes halogenated alkanes) is 31. The number of methoxy groups -OCH3 is 1. The van der Waals surface area contributed by atoms with Gasteiger partial charge in [-0.3, -0.25) is 4.79 Å². The largest absolute Gasteiger partial charge is 0.379 e. The van der Waals surface area contributed by atoms with Crippen molar-refractivity contribution in [2.45, 2.75) is 290 Å². The summed E-state index contributed by atoms with van der Waals surface area (Å²) in [6, 6.07) is 0. The summed E-state index contributed by atoms with van der Waals surface area (Å²) in [6.07, 6.45) is 48.7. The third-order valence-electron chi connectivity index (χ3n) is 12.1. The van der Waals surface area contributed by atoms with Crippen molar-refractivity contribution >= 4 is 17.0 Å². The van der Waals surface area contributed by atoms with Crippen LogP contribution in [0.25, 0.3) is 0 Å². The van der Waals surface area contributed by atoms with Crippen LogP contribution in [0.1, 0.15) is 273 Å². The molecule has 0 rings (SSSR count). The normalized spacial score (nSPS) is 12.8. The SMILES string of the molecule is CCCCCCCCCCCCCCCCCCCC(CSC(=O)NCCC(C)(C)OCCC(C)(C)OC)OCCCCCCCCCCCCCCCCCC. The van der Waals surface area contributed by atoms with E-state index in [-0.39, 0.29) is 22.5 Å². The summed E-state index contributed by atoms with van der Waals surface area (Å²) in [7, 11) is 1.75. The van der Waals surface area contributed by atoms with E-state index in [9.17, 15) is 4.79 Å². The van der Waals surface area contributed by atoms with Crippen molar-refractivity contribution in [3.05, 3.63) is 0 Å². The molecule has 6 heteroatoms. The maximum atomic E-state index is 12.8. The fourth-order valence-electron chi connectivity index (χ4n) is 7.64. The summed E-state index contributed by atoms with van der Waals surface area (Å²) in [6.45, 7) is 15.1. The first-order valence-electron chi connectivity index (χ1n) is 25.4. The molecule has 1 N–H and O–H groups in total. The Bertz CT molecular complexity index is 783. The molecule has 0 saturated carbocycles. The van der Waals surface area contributed by atoms with Crippen molar-refractivity contribution in [2.24, 2.45) is 0 Å². The van der Waals surface area contributed by atoms with E-state index < -0.39 is 0 Å². The van der Waals surface area contributed by atoms with Crippen molar-refractivity contribution in [2.75, 3.05) is 32.6 Å². The van der Waals surface area contributed by atoms with Crippen LogP contribution in [0.2, 0.25) is 0 Å². The molecule has 0 bridgehead atoms. The van der Waals surface area contributed by atoms with E-state index in [0.29, 0.717) is 13.2 Å². The molecule has 0 aromatic carbocycles. The van der Waals surface area contributed by atoms with Crippen molar-refractivity contribution < 1.29 is 19.0 Å². The van der Waals surface area contributed by atoms with E-state index in [2.05, 4.69) is 46.9 Å². The van der Waals surface area contributed by atoms with Gasteiger partial charge >= 0.3 is 0 Å². The zero-order chi connectivity index (χ0) is 42.0. The van der Waals surface area contributed by atoms with Gasteiger partial charge in [-0.1, -0.05) is 231 Å². The number of hydrogen-bond acceptors (Lipinski definition) is 5. The zero-order valence-corrected chi connectivity index (χ0v) is 40.7. The lowest BCUT2D eigenvalue weighted by Gasteiger charge is -2.29. The summed E-state index contributed by atoms with van der Waals surface area (Å²) >= 11 is 1.41. The molecule has 1 amide bonds. The van der Waals surface area contributed by atoms with Gasteiger partial charge in [0.05, 0.1) is 23.9 Å². The number of amides is 1. The van der Waals surface area contributed by atoms with Gasteiger partial charge in [-0.2, -0.15) is 0 Å². The number of carbonyl (C=O) groups excluding carboxylic acids is 1. The summed E-state index contributed by atoms with van der Waals surface area (Å²) in [5.41, 5.74) is -0.467. The van der Waals surface area contributed by atoms with Crippen LogP contribution in [-0.4, -0.2) is 55.2 Å². The topological polar surface area (TPSA) is 56.8 Å². The molecule has 0 radical (unpaired) electrons. The lowest BCUT2D eigenvalue weighted by molar-refractivity contribution is -0.0604. The van der Waals surface area contributed by atoms with Gasteiger partial charge < -0.3 is 19.5 Å². The Morgan fingerprint density at radius 1 is 0.491 bits per heavy atom. The highest BCUT2D eigenvalue weighted by atomic mass is 32.2. The van der Waals surface area contributed by atoms with Gasteiger partial charge in [0, 0.05) is 26.0 Å². The van der Waals surface area contributed by atoms with Crippen molar-refractivity contribution in [3.63, 3.8) is 0 Å². The summed E-state index contributed by atoms with van der Waals surface area (Å²) < 4.78 is 18.1. The minimum atomic E-state index is -0.284. The number of hydrogen-bond donors (Lipinski definition) is 1. The smallest absolute Gasteiger partial charge is 0.279 e. The maximum absolute atomic E-state index is 12.8. The van der Waals surface area contributed by atoms with E-state index in [1.807, 2.05) is 0 Å². The summed E-state index contributed by atoms with van der Waals surface area (Å²) in [5, 5.41) is 3.19. The Kier molecular flexibility index (Phi) is 42.2. The molecule has 0 fully saturated rings. The fourth-order valence-corrected chi connectivity index (χ4v) is 8.45. The summed E-state index contributed by atoms with van der Waals surface area (Å²) in [5.74, 6) is 0.746. The van der Waals surface area contributed by atoms with Crippen LogP contribution in [-0.2, 0) is 14.2 Å². The Morgan fingerprint density at radius 2 is 0.860 bits per heavy atom. The maximum Gasteiger partial charge on any atom is 0.279 e. The first-order chi connectivity index (χ1) is 27.7. The Balaban J connectivity index is 4.24. The van der Waals surface area contributed by atoms with Crippen LogP contribution >= 0.6 is 11.8 Å². The summed E-state index contributed by atoms with van der Waals surface area (Å²) in [4.78, 5) is 12.8. The molecule has 57 heavy (non-hydrogen) atoms. The standard InChI is InChI=1S/C51H103NO4S/c1-8-10-12-14-16-18-20-22-24-26-27-29-31-33-35-37-39-41-48(47-57-49(53)52-44-42-51(5,6)56-46-43-50(3,4)54-7)55-45-40-38-36-34-32-30-28-25-23-21-19-17-15-13-11-9-2/h48H,8-47H2,1-7H3,(H,52,53). The molecule has 1 unspecified atom stereocenters. The number of thioether (sulfide) groups is 1.